The molecule has 76 valence electrons. The summed E-state index contributed by atoms with van der Waals surface area (Å²) in [6.45, 7) is 0. The van der Waals surface area contributed by atoms with Crippen molar-refractivity contribution in [2.24, 2.45) is 0 Å². The Labute approximate surface area is 91.6 Å². The standard InChI is InChI=1S/C10H12BrNO2/c1-12-9(10(13)14-2)7-4-3-5-8(11)6-7/h3-6,9,12H,1-2H3. The second kappa shape index (κ2) is 5.12. The molecule has 1 aromatic rings. The lowest BCUT2D eigenvalue weighted by Crippen LogP contribution is -2.26. The van der Waals surface area contributed by atoms with Crippen molar-refractivity contribution in [1.82, 2.24) is 5.32 Å². The highest BCUT2D eigenvalue weighted by Gasteiger charge is 2.18. The average molecular weight is 258 g/mol. The van der Waals surface area contributed by atoms with Gasteiger partial charge in [-0.05, 0) is 24.7 Å². The smallest absolute Gasteiger partial charge is 0.327 e. The molecule has 1 rings (SSSR count). The molecule has 4 heteroatoms. The first-order valence-corrected chi connectivity index (χ1v) is 4.99. The minimum atomic E-state index is -0.405. The molecule has 0 radical (unpaired) electrons. The minimum absolute atomic E-state index is 0.286. The number of esters is 1. The molecule has 14 heavy (non-hydrogen) atoms. The van der Waals surface area contributed by atoms with Gasteiger partial charge in [-0.25, -0.2) is 4.79 Å². The van der Waals surface area contributed by atoms with E-state index in [1.807, 2.05) is 24.3 Å². The zero-order valence-electron chi connectivity index (χ0n) is 8.08. The van der Waals surface area contributed by atoms with E-state index in [0.717, 1.165) is 10.0 Å². The van der Waals surface area contributed by atoms with Crippen LogP contribution in [0.25, 0.3) is 0 Å². The van der Waals surface area contributed by atoms with Gasteiger partial charge in [-0.15, -0.1) is 0 Å². The molecule has 0 fully saturated rings. The van der Waals surface area contributed by atoms with E-state index in [0.29, 0.717) is 0 Å². The SMILES string of the molecule is CNC(C(=O)OC)c1cccc(Br)c1. The summed E-state index contributed by atoms with van der Waals surface area (Å²) >= 11 is 3.35. The van der Waals surface area contributed by atoms with Crippen LogP contribution in [0.1, 0.15) is 11.6 Å². The molecule has 0 aliphatic carbocycles. The second-order valence-electron chi connectivity index (χ2n) is 2.80. The lowest BCUT2D eigenvalue weighted by Gasteiger charge is -2.13. The van der Waals surface area contributed by atoms with Crippen molar-refractivity contribution in [1.29, 1.82) is 0 Å². The zero-order valence-corrected chi connectivity index (χ0v) is 9.67. The molecule has 0 saturated heterocycles. The molecule has 0 spiro atoms. The highest BCUT2D eigenvalue weighted by Crippen LogP contribution is 2.18. The van der Waals surface area contributed by atoms with Gasteiger partial charge in [0, 0.05) is 4.47 Å². The fourth-order valence-corrected chi connectivity index (χ4v) is 1.64. The van der Waals surface area contributed by atoms with Crippen molar-refractivity contribution < 1.29 is 9.53 Å². The lowest BCUT2D eigenvalue weighted by molar-refractivity contribution is -0.143. The van der Waals surface area contributed by atoms with Crippen LogP contribution in [-0.4, -0.2) is 20.1 Å². The predicted octanol–water partition coefficient (Wildman–Crippen LogP) is 1.88. The number of nitrogens with one attached hydrogen (secondary N) is 1. The Bertz CT molecular complexity index is 328. The second-order valence-corrected chi connectivity index (χ2v) is 3.72. The summed E-state index contributed by atoms with van der Waals surface area (Å²) in [6.07, 6.45) is 0. The first kappa shape index (κ1) is 11.2. The van der Waals surface area contributed by atoms with Gasteiger partial charge in [0.2, 0.25) is 0 Å². The van der Waals surface area contributed by atoms with Crippen molar-refractivity contribution in [3.05, 3.63) is 34.3 Å². The maximum Gasteiger partial charge on any atom is 0.327 e. The van der Waals surface area contributed by atoms with Crippen LogP contribution < -0.4 is 5.32 Å². The molecule has 1 aromatic carbocycles. The van der Waals surface area contributed by atoms with Crippen LogP contribution in [0.2, 0.25) is 0 Å². The third-order valence-electron chi connectivity index (χ3n) is 1.91. The predicted molar refractivity (Wildman–Crippen MR) is 58.0 cm³/mol. The van der Waals surface area contributed by atoms with E-state index >= 15 is 0 Å². The van der Waals surface area contributed by atoms with Gasteiger partial charge < -0.3 is 10.1 Å². The highest BCUT2D eigenvalue weighted by atomic mass is 79.9. The van der Waals surface area contributed by atoms with Crippen LogP contribution in [0, 0.1) is 0 Å². The van der Waals surface area contributed by atoms with Crippen LogP contribution in [0.4, 0.5) is 0 Å². The number of hydrogen-bond donors (Lipinski definition) is 1. The van der Waals surface area contributed by atoms with E-state index in [4.69, 9.17) is 0 Å². The highest BCUT2D eigenvalue weighted by molar-refractivity contribution is 9.10. The van der Waals surface area contributed by atoms with Crippen molar-refractivity contribution in [3.8, 4) is 0 Å². The Balaban J connectivity index is 2.94. The van der Waals surface area contributed by atoms with Crippen molar-refractivity contribution in [3.63, 3.8) is 0 Å². The summed E-state index contributed by atoms with van der Waals surface area (Å²) in [6, 6.07) is 7.15. The summed E-state index contributed by atoms with van der Waals surface area (Å²) in [5.74, 6) is -0.286. The van der Waals surface area contributed by atoms with Crippen LogP contribution in [-0.2, 0) is 9.53 Å². The first-order valence-electron chi connectivity index (χ1n) is 4.19. The molecule has 0 aromatic heterocycles. The van der Waals surface area contributed by atoms with Gasteiger partial charge in [-0.1, -0.05) is 28.1 Å². The van der Waals surface area contributed by atoms with E-state index in [-0.39, 0.29) is 5.97 Å². The third kappa shape index (κ3) is 2.56. The topological polar surface area (TPSA) is 38.3 Å². The maximum absolute atomic E-state index is 11.4. The normalized spacial score (nSPS) is 12.2. The first-order chi connectivity index (χ1) is 6.69. The molecular weight excluding hydrogens is 246 g/mol. The summed E-state index contributed by atoms with van der Waals surface area (Å²) in [5, 5.41) is 2.90. The minimum Gasteiger partial charge on any atom is -0.468 e. The van der Waals surface area contributed by atoms with E-state index in [1.54, 1.807) is 7.05 Å². The van der Waals surface area contributed by atoms with Crippen molar-refractivity contribution in [2.45, 2.75) is 6.04 Å². The van der Waals surface area contributed by atoms with E-state index in [1.165, 1.54) is 7.11 Å². The third-order valence-corrected chi connectivity index (χ3v) is 2.40. The number of benzene rings is 1. The molecular formula is C10H12BrNO2. The van der Waals surface area contributed by atoms with Gasteiger partial charge in [-0.2, -0.15) is 0 Å². The van der Waals surface area contributed by atoms with Crippen LogP contribution in [0.5, 0.6) is 0 Å². The van der Waals surface area contributed by atoms with E-state index < -0.39 is 6.04 Å². The molecule has 0 saturated carbocycles. The summed E-state index contributed by atoms with van der Waals surface area (Å²) in [5.41, 5.74) is 0.883. The largest absolute Gasteiger partial charge is 0.468 e. The quantitative estimate of drug-likeness (QED) is 0.841. The Morgan fingerprint density at radius 2 is 2.29 bits per heavy atom. The molecule has 0 bridgehead atoms. The Morgan fingerprint density at radius 3 is 2.79 bits per heavy atom. The number of ether oxygens (including phenoxy) is 1. The number of rotatable bonds is 3. The zero-order chi connectivity index (χ0) is 10.6. The van der Waals surface area contributed by atoms with Gasteiger partial charge in [0.05, 0.1) is 7.11 Å². The Hall–Kier alpha value is -0.870. The van der Waals surface area contributed by atoms with E-state index in [2.05, 4.69) is 26.0 Å². The number of likely N-dealkylation sites (N-methyl/N-ethyl adjacent to an activating group) is 1. The number of carbonyl (C=O) groups is 1. The summed E-state index contributed by atoms with van der Waals surface area (Å²) in [4.78, 5) is 11.4. The number of methoxy groups -OCH3 is 1. The monoisotopic (exact) mass is 257 g/mol. The summed E-state index contributed by atoms with van der Waals surface area (Å²) in [7, 11) is 3.10. The Kier molecular flexibility index (Phi) is 4.10. The number of halogens is 1. The Morgan fingerprint density at radius 1 is 1.57 bits per heavy atom. The maximum atomic E-state index is 11.4. The van der Waals surface area contributed by atoms with Crippen LogP contribution in [0.15, 0.2) is 28.7 Å². The van der Waals surface area contributed by atoms with Gasteiger partial charge >= 0.3 is 5.97 Å². The van der Waals surface area contributed by atoms with Gasteiger partial charge in [-0.3, -0.25) is 0 Å². The molecule has 0 aliphatic rings. The molecule has 0 aliphatic heterocycles. The van der Waals surface area contributed by atoms with Crippen LogP contribution >= 0.6 is 15.9 Å². The van der Waals surface area contributed by atoms with Gasteiger partial charge in [0.1, 0.15) is 6.04 Å². The van der Waals surface area contributed by atoms with Crippen molar-refractivity contribution in [2.75, 3.05) is 14.2 Å². The van der Waals surface area contributed by atoms with Gasteiger partial charge in [0.25, 0.3) is 0 Å². The average Bonchev–Trinajstić information content (AvgIpc) is 2.19. The fraction of sp³-hybridized carbons (Fsp3) is 0.300. The molecule has 1 unspecified atom stereocenters. The van der Waals surface area contributed by atoms with Crippen LogP contribution in [0.3, 0.4) is 0 Å². The number of hydrogen-bond acceptors (Lipinski definition) is 3. The molecule has 0 heterocycles. The van der Waals surface area contributed by atoms with Crippen molar-refractivity contribution >= 4 is 21.9 Å². The number of carbonyl (C=O) groups excluding carboxylic acids is 1. The van der Waals surface area contributed by atoms with Gasteiger partial charge in [0.15, 0.2) is 0 Å². The molecule has 1 atom stereocenters. The van der Waals surface area contributed by atoms with E-state index in [9.17, 15) is 4.79 Å². The molecule has 1 N–H and O–H groups in total. The summed E-state index contributed by atoms with van der Waals surface area (Å²) < 4.78 is 5.62. The molecule has 3 nitrogen and oxygen atoms in total. The molecule has 0 amide bonds. The lowest BCUT2D eigenvalue weighted by atomic mass is 10.1. The fourth-order valence-electron chi connectivity index (χ4n) is 1.22.